The van der Waals surface area contributed by atoms with Gasteiger partial charge in [0.05, 0.1) is 22.5 Å². The van der Waals surface area contributed by atoms with Crippen molar-refractivity contribution >= 4 is 21.8 Å². The van der Waals surface area contributed by atoms with Gasteiger partial charge in [-0.2, -0.15) is 0 Å². The van der Waals surface area contributed by atoms with Crippen molar-refractivity contribution in [1.82, 2.24) is 14.5 Å². The van der Waals surface area contributed by atoms with E-state index in [1.807, 2.05) is 72.8 Å². The van der Waals surface area contributed by atoms with Crippen molar-refractivity contribution in [1.29, 1.82) is 0 Å². The number of fused-ring (bicyclic) bond motifs is 3. The number of hydrogen-bond donors (Lipinski definition) is 1. The molecule has 4 nitrogen and oxygen atoms in total. The molecule has 0 saturated carbocycles. The summed E-state index contributed by atoms with van der Waals surface area (Å²) in [6.07, 6.45) is 1.77. The standard InChI is InChI=1S/C46H29FN3O.Pt/c47-35-25-33(24-34(26-35)42-28-32(30-12-3-1-4-13-30)29-43(49-42)40-17-8-10-21-45(40)51)41-27-31(22-23-48-41)37-18-11-19-39-38-16-7-9-20-44(38)50(46(37)39)36-14-5-2-6-15-36;/h1-23,25-29,51H;/q-1;. The Hall–Kier alpha value is -6.16. The molecule has 3 heterocycles. The van der Waals surface area contributed by atoms with Crippen LogP contribution in [0, 0.1) is 11.9 Å². The molecule has 0 spiro atoms. The second-order valence-electron chi connectivity index (χ2n) is 12.5. The molecule has 0 saturated heterocycles. The molecule has 9 rings (SSSR count). The van der Waals surface area contributed by atoms with Crippen molar-refractivity contribution in [2.75, 3.05) is 0 Å². The van der Waals surface area contributed by atoms with E-state index in [0.29, 0.717) is 33.8 Å². The maximum Gasteiger partial charge on any atom is 0.124 e. The van der Waals surface area contributed by atoms with Crippen molar-refractivity contribution < 1.29 is 30.6 Å². The number of aromatic hydroxyl groups is 1. The zero-order valence-corrected chi connectivity index (χ0v) is 29.9. The predicted molar refractivity (Wildman–Crippen MR) is 204 cm³/mol. The van der Waals surface area contributed by atoms with E-state index in [-0.39, 0.29) is 26.8 Å². The van der Waals surface area contributed by atoms with E-state index < -0.39 is 5.82 Å². The number of rotatable bonds is 6. The molecule has 0 aliphatic rings. The molecular weight excluding hydrogens is 825 g/mol. The Morgan fingerprint density at radius 2 is 1.17 bits per heavy atom. The molecule has 3 aromatic heterocycles. The maximum absolute atomic E-state index is 15.6. The van der Waals surface area contributed by atoms with Gasteiger partial charge in [0.2, 0.25) is 0 Å². The first-order valence-electron chi connectivity index (χ1n) is 16.7. The molecular formula is C46H29FN3OPt-. The second-order valence-corrected chi connectivity index (χ2v) is 12.5. The van der Waals surface area contributed by atoms with E-state index in [9.17, 15) is 5.11 Å². The molecule has 9 aromatic rings. The first-order chi connectivity index (χ1) is 25.1. The number of benzene rings is 6. The Kier molecular flexibility index (Phi) is 8.80. The Balaban J connectivity index is 0.00000387. The Morgan fingerprint density at radius 3 is 1.98 bits per heavy atom. The average Bonchev–Trinajstić information content (AvgIpc) is 3.53. The van der Waals surface area contributed by atoms with Crippen LogP contribution in [0.15, 0.2) is 170 Å². The molecule has 0 fully saturated rings. The Morgan fingerprint density at radius 1 is 0.538 bits per heavy atom. The summed E-state index contributed by atoms with van der Waals surface area (Å²) in [4.78, 5) is 9.61. The third-order valence-electron chi connectivity index (χ3n) is 9.28. The maximum atomic E-state index is 15.6. The van der Waals surface area contributed by atoms with Crippen LogP contribution in [0.2, 0.25) is 0 Å². The van der Waals surface area contributed by atoms with Gasteiger partial charge in [-0.1, -0.05) is 132 Å². The van der Waals surface area contributed by atoms with Gasteiger partial charge in [-0.05, 0) is 59.2 Å². The third kappa shape index (κ3) is 6.00. The average molecular weight is 854 g/mol. The van der Waals surface area contributed by atoms with Crippen LogP contribution in [0.25, 0.3) is 83.5 Å². The molecule has 0 unspecified atom stereocenters. The number of aromatic nitrogens is 3. The Bertz CT molecular complexity index is 2730. The third-order valence-corrected chi connectivity index (χ3v) is 9.28. The summed E-state index contributed by atoms with van der Waals surface area (Å²) in [5.41, 5.74) is 10.4. The molecule has 252 valence electrons. The van der Waals surface area contributed by atoms with Crippen molar-refractivity contribution in [3.8, 4) is 67.5 Å². The van der Waals surface area contributed by atoms with Crippen LogP contribution in [-0.2, 0) is 21.1 Å². The fourth-order valence-corrected chi connectivity index (χ4v) is 6.95. The molecule has 6 heteroatoms. The van der Waals surface area contributed by atoms with E-state index in [0.717, 1.165) is 44.4 Å². The number of para-hydroxylation sites is 4. The predicted octanol–water partition coefficient (Wildman–Crippen LogP) is 11.6. The van der Waals surface area contributed by atoms with E-state index in [1.54, 1.807) is 18.3 Å². The summed E-state index contributed by atoms with van der Waals surface area (Å²) in [7, 11) is 0. The normalized spacial score (nSPS) is 11.1. The topological polar surface area (TPSA) is 50.9 Å². The summed E-state index contributed by atoms with van der Waals surface area (Å²) >= 11 is 0. The van der Waals surface area contributed by atoms with Crippen molar-refractivity contribution in [3.63, 3.8) is 0 Å². The van der Waals surface area contributed by atoms with Crippen molar-refractivity contribution in [2.45, 2.75) is 0 Å². The van der Waals surface area contributed by atoms with Gasteiger partial charge in [-0.3, -0.25) is 9.97 Å². The quantitative estimate of drug-likeness (QED) is 0.170. The smallest absolute Gasteiger partial charge is 0.124 e. The van der Waals surface area contributed by atoms with Gasteiger partial charge in [0.25, 0.3) is 0 Å². The number of nitrogens with zero attached hydrogens (tertiary/aromatic N) is 3. The van der Waals surface area contributed by atoms with Gasteiger partial charge >= 0.3 is 0 Å². The van der Waals surface area contributed by atoms with Crippen molar-refractivity contribution in [3.05, 3.63) is 182 Å². The number of phenols is 1. The first-order valence-corrected chi connectivity index (χ1v) is 16.7. The summed E-state index contributed by atoms with van der Waals surface area (Å²) < 4.78 is 17.9. The SMILES string of the molecule is Oc1ccccc1-c1cc(-c2ccccc2)cc(-c2[c-]c(-c3cc(-c4cccc5c6ccccc6n(-c6ccccc6)c45)ccn3)cc(F)c2)n1.[Pt]. The van der Waals surface area contributed by atoms with Crippen LogP contribution in [0.5, 0.6) is 5.75 Å². The minimum absolute atomic E-state index is 0. The number of pyridine rings is 2. The molecule has 0 atom stereocenters. The molecule has 0 aliphatic heterocycles. The van der Waals surface area contributed by atoms with Crippen LogP contribution in [0.1, 0.15) is 0 Å². The van der Waals surface area contributed by atoms with E-state index in [1.165, 1.54) is 17.5 Å². The van der Waals surface area contributed by atoms with Gasteiger partial charge in [0.1, 0.15) is 5.75 Å². The van der Waals surface area contributed by atoms with Crippen LogP contribution in [0.3, 0.4) is 0 Å². The fourth-order valence-electron chi connectivity index (χ4n) is 6.95. The molecule has 1 N–H and O–H groups in total. The van der Waals surface area contributed by atoms with Gasteiger partial charge in [-0.25, -0.2) is 4.39 Å². The fraction of sp³-hybridized carbons (Fsp3) is 0. The van der Waals surface area contributed by atoms with Gasteiger partial charge in [-0.15, -0.1) is 6.07 Å². The van der Waals surface area contributed by atoms with Gasteiger partial charge in [0.15, 0.2) is 0 Å². The summed E-state index contributed by atoms with van der Waals surface area (Å²) in [6, 6.07) is 56.4. The van der Waals surface area contributed by atoms with E-state index in [4.69, 9.17) is 9.97 Å². The molecule has 0 bridgehead atoms. The number of halogens is 1. The number of hydrogen-bond acceptors (Lipinski definition) is 3. The molecule has 0 aliphatic carbocycles. The van der Waals surface area contributed by atoms with Gasteiger partial charge in [0, 0.05) is 66.2 Å². The molecule has 0 radical (unpaired) electrons. The first kappa shape index (κ1) is 33.0. The summed E-state index contributed by atoms with van der Waals surface area (Å²) in [5.74, 6) is -0.305. The summed E-state index contributed by atoms with van der Waals surface area (Å²) in [5, 5.41) is 13.0. The zero-order valence-electron chi connectivity index (χ0n) is 27.6. The molecule has 0 amide bonds. The minimum Gasteiger partial charge on any atom is -0.507 e. The Labute approximate surface area is 314 Å². The van der Waals surface area contributed by atoms with E-state index in [2.05, 4.69) is 77.4 Å². The van der Waals surface area contributed by atoms with Crippen LogP contribution in [-0.4, -0.2) is 19.6 Å². The largest absolute Gasteiger partial charge is 0.507 e. The summed E-state index contributed by atoms with van der Waals surface area (Å²) in [6.45, 7) is 0. The van der Waals surface area contributed by atoms with Crippen LogP contribution >= 0.6 is 0 Å². The van der Waals surface area contributed by atoms with E-state index >= 15 is 4.39 Å². The molecule has 52 heavy (non-hydrogen) atoms. The van der Waals surface area contributed by atoms with Crippen LogP contribution in [0.4, 0.5) is 4.39 Å². The minimum atomic E-state index is -0.423. The van der Waals surface area contributed by atoms with Gasteiger partial charge < -0.3 is 9.67 Å². The zero-order chi connectivity index (χ0) is 34.3. The van der Waals surface area contributed by atoms with Crippen LogP contribution < -0.4 is 0 Å². The monoisotopic (exact) mass is 853 g/mol. The second kappa shape index (κ2) is 13.9. The molecule has 6 aromatic carbocycles. The van der Waals surface area contributed by atoms with Crippen molar-refractivity contribution in [2.24, 2.45) is 0 Å². The number of phenolic OH excluding ortho intramolecular Hbond substituents is 1.